The lowest BCUT2D eigenvalue weighted by Crippen LogP contribution is -2.40. The number of aromatic hydroxyl groups is 1. The maximum absolute atomic E-state index is 13.1. The van der Waals surface area contributed by atoms with Crippen molar-refractivity contribution in [3.63, 3.8) is 0 Å². The second-order valence-corrected chi connectivity index (χ2v) is 7.27. The molecule has 0 radical (unpaired) electrons. The molecule has 0 bridgehead atoms. The summed E-state index contributed by atoms with van der Waals surface area (Å²) in [6, 6.07) is 3.65. The van der Waals surface area contributed by atoms with Gasteiger partial charge in [-0.15, -0.1) is 0 Å². The van der Waals surface area contributed by atoms with Gasteiger partial charge in [0.2, 0.25) is 0 Å². The lowest BCUT2D eigenvalue weighted by atomic mass is 9.95. The number of aromatic nitrogens is 1. The predicted octanol–water partition coefficient (Wildman–Crippen LogP) is 0.637. The molecule has 0 saturated carbocycles. The number of ether oxygens (including phenoxy) is 3. The van der Waals surface area contributed by atoms with E-state index in [0.717, 1.165) is 17.4 Å². The zero-order chi connectivity index (χ0) is 22.0. The maximum atomic E-state index is 13.1. The van der Waals surface area contributed by atoms with Gasteiger partial charge in [0.1, 0.15) is 4.53 Å². The molecule has 0 amide bonds. The summed E-state index contributed by atoms with van der Waals surface area (Å²) < 4.78 is 16.4. The van der Waals surface area contributed by atoms with Gasteiger partial charge in [-0.25, -0.2) is 14.6 Å². The predicted molar refractivity (Wildman–Crippen MR) is 108 cm³/mol. The molecule has 0 spiro atoms. The van der Waals surface area contributed by atoms with Crippen molar-refractivity contribution >= 4 is 29.4 Å². The highest BCUT2D eigenvalue weighted by molar-refractivity contribution is 7.07. The number of phenols is 1. The Labute approximate surface area is 175 Å². The topological polar surface area (TPSA) is 116 Å². The van der Waals surface area contributed by atoms with E-state index in [1.807, 2.05) is 0 Å². The van der Waals surface area contributed by atoms with Gasteiger partial charge in [-0.1, -0.05) is 17.4 Å². The van der Waals surface area contributed by atoms with Gasteiger partial charge in [-0.05, 0) is 31.5 Å². The number of fused-ring (bicyclic) bond motifs is 1. The van der Waals surface area contributed by atoms with Crippen LogP contribution in [-0.4, -0.2) is 42.4 Å². The van der Waals surface area contributed by atoms with Crippen molar-refractivity contribution in [3.05, 3.63) is 54.7 Å². The monoisotopic (exact) mass is 432 g/mol. The van der Waals surface area contributed by atoms with Gasteiger partial charge in [0.15, 0.2) is 16.3 Å². The number of phenolic OH excluding ortho intramolecular Hbond substituents is 1. The van der Waals surface area contributed by atoms with E-state index in [0.29, 0.717) is 16.1 Å². The summed E-state index contributed by atoms with van der Waals surface area (Å²) in [5.41, 5.74) is 0.571. The van der Waals surface area contributed by atoms with Crippen molar-refractivity contribution in [1.29, 1.82) is 0 Å². The number of esters is 2. The minimum atomic E-state index is -0.880. The molecular weight excluding hydrogens is 412 g/mol. The van der Waals surface area contributed by atoms with Crippen LogP contribution < -0.4 is 19.6 Å². The third-order valence-corrected chi connectivity index (χ3v) is 5.47. The molecule has 1 aromatic carbocycles. The first-order valence-corrected chi connectivity index (χ1v) is 9.78. The molecule has 9 nitrogen and oxygen atoms in total. The number of allylic oxidation sites excluding steroid dienone is 1. The Balaban J connectivity index is 2.33. The molecule has 1 N–H and O–H groups in total. The number of thiazole rings is 1. The van der Waals surface area contributed by atoms with Crippen molar-refractivity contribution < 1.29 is 28.9 Å². The van der Waals surface area contributed by atoms with Crippen LogP contribution in [0.15, 0.2) is 39.3 Å². The zero-order valence-corrected chi connectivity index (χ0v) is 17.6. The van der Waals surface area contributed by atoms with Gasteiger partial charge in [0.25, 0.3) is 5.56 Å². The van der Waals surface area contributed by atoms with Gasteiger partial charge in [0, 0.05) is 6.08 Å². The van der Waals surface area contributed by atoms with E-state index in [-0.39, 0.29) is 28.2 Å². The molecule has 0 aliphatic carbocycles. The van der Waals surface area contributed by atoms with E-state index < -0.39 is 23.5 Å². The van der Waals surface area contributed by atoms with Crippen molar-refractivity contribution in [2.24, 2.45) is 4.99 Å². The van der Waals surface area contributed by atoms with Crippen molar-refractivity contribution in [1.82, 2.24) is 4.57 Å². The Morgan fingerprint density at radius 3 is 2.70 bits per heavy atom. The van der Waals surface area contributed by atoms with Crippen LogP contribution in [0.5, 0.6) is 11.5 Å². The van der Waals surface area contributed by atoms with Crippen LogP contribution in [-0.2, 0) is 19.1 Å². The Morgan fingerprint density at radius 1 is 1.33 bits per heavy atom. The van der Waals surface area contributed by atoms with Gasteiger partial charge >= 0.3 is 11.9 Å². The lowest BCUT2D eigenvalue weighted by Gasteiger charge is -2.25. The second-order valence-electron chi connectivity index (χ2n) is 6.26. The molecule has 2 aromatic rings. The summed E-state index contributed by atoms with van der Waals surface area (Å²) in [6.45, 7) is 3.47. The molecule has 1 aliphatic rings. The molecule has 0 saturated heterocycles. The van der Waals surface area contributed by atoms with E-state index in [2.05, 4.69) is 9.73 Å². The highest BCUT2D eigenvalue weighted by Crippen LogP contribution is 2.35. The third-order valence-electron chi connectivity index (χ3n) is 4.49. The molecule has 1 aliphatic heterocycles. The summed E-state index contributed by atoms with van der Waals surface area (Å²) in [5.74, 6) is -1.19. The number of methoxy groups -OCH3 is 2. The fraction of sp³-hybridized carbons (Fsp3) is 0.300. The van der Waals surface area contributed by atoms with Crippen molar-refractivity contribution in [2.75, 3.05) is 20.8 Å². The smallest absolute Gasteiger partial charge is 0.338 e. The second kappa shape index (κ2) is 8.54. The van der Waals surface area contributed by atoms with Crippen LogP contribution >= 0.6 is 11.3 Å². The molecule has 158 valence electrons. The first-order valence-electron chi connectivity index (χ1n) is 8.96. The molecule has 0 fully saturated rings. The van der Waals surface area contributed by atoms with Crippen LogP contribution in [0.3, 0.4) is 0 Å². The highest BCUT2D eigenvalue weighted by Gasteiger charge is 2.33. The Bertz CT molecular complexity index is 1220. The Morgan fingerprint density at radius 2 is 2.07 bits per heavy atom. The fourth-order valence-corrected chi connectivity index (χ4v) is 4.14. The lowest BCUT2D eigenvalue weighted by molar-refractivity contribution is -0.139. The van der Waals surface area contributed by atoms with E-state index >= 15 is 0 Å². The van der Waals surface area contributed by atoms with Gasteiger partial charge in [-0.3, -0.25) is 9.36 Å². The van der Waals surface area contributed by atoms with Gasteiger partial charge < -0.3 is 19.3 Å². The van der Waals surface area contributed by atoms with Gasteiger partial charge in [-0.2, -0.15) is 0 Å². The molecule has 3 rings (SSSR count). The van der Waals surface area contributed by atoms with Crippen LogP contribution in [0.1, 0.15) is 25.5 Å². The summed E-state index contributed by atoms with van der Waals surface area (Å²) in [6.07, 6.45) is 1.08. The number of rotatable bonds is 5. The van der Waals surface area contributed by atoms with Crippen molar-refractivity contribution in [3.8, 4) is 11.5 Å². The van der Waals surface area contributed by atoms with Crippen LogP contribution in [0.25, 0.3) is 6.08 Å². The van der Waals surface area contributed by atoms with Crippen LogP contribution in [0, 0.1) is 0 Å². The SMILES string of the molecule is CCOC(=O)C1=C(C)N=c2s/c(=C\C(=O)OC)c(=O)n2[C@H]1c1ccc(O)c(OC)c1. The Hall–Kier alpha value is -3.40. The molecule has 10 heteroatoms. The first kappa shape index (κ1) is 21.3. The Kier molecular flexibility index (Phi) is 6.06. The minimum Gasteiger partial charge on any atom is -0.504 e. The summed E-state index contributed by atoms with van der Waals surface area (Å²) in [4.78, 5) is 42.2. The summed E-state index contributed by atoms with van der Waals surface area (Å²) >= 11 is 1.01. The third kappa shape index (κ3) is 3.73. The minimum absolute atomic E-state index is 0.0854. The van der Waals surface area contributed by atoms with E-state index in [4.69, 9.17) is 9.47 Å². The number of hydrogen-bond acceptors (Lipinski definition) is 9. The number of carbonyl (C=O) groups is 2. The largest absolute Gasteiger partial charge is 0.504 e. The van der Waals surface area contributed by atoms with Crippen LogP contribution in [0.2, 0.25) is 0 Å². The normalized spacial score (nSPS) is 16.0. The van der Waals surface area contributed by atoms with Gasteiger partial charge in [0.05, 0.1) is 38.1 Å². The van der Waals surface area contributed by atoms with E-state index in [1.165, 1.54) is 30.9 Å². The quantitative estimate of drug-likeness (QED) is 0.689. The number of benzene rings is 1. The molecular formula is C20H20N2O7S. The first-order chi connectivity index (χ1) is 14.3. The highest BCUT2D eigenvalue weighted by atomic mass is 32.1. The number of hydrogen-bond donors (Lipinski definition) is 1. The van der Waals surface area contributed by atoms with E-state index in [1.54, 1.807) is 19.9 Å². The maximum Gasteiger partial charge on any atom is 0.338 e. The average molecular weight is 432 g/mol. The fourth-order valence-electron chi connectivity index (χ4n) is 3.14. The molecule has 1 atom stereocenters. The number of carbonyl (C=O) groups excluding carboxylic acids is 2. The summed E-state index contributed by atoms with van der Waals surface area (Å²) in [7, 11) is 2.61. The van der Waals surface area contributed by atoms with E-state index in [9.17, 15) is 19.5 Å². The standard InChI is InChI=1S/C20H20N2O7S/c1-5-29-19(26)16-10(2)21-20-22(18(25)14(30-20)9-15(24)28-4)17(16)11-6-7-12(23)13(8-11)27-3/h6-9,17,23H,5H2,1-4H3/b14-9-/t17-/m0/s1. The van der Waals surface area contributed by atoms with Crippen molar-refractivity contribution in [2.45, 2.75) is 19.9 Å². The molecule has 2 heterocycles. The van der Waals surface area contributed by atoms with Crippen LogP contribution in [0.4, 0.5) is 0 Å². The molecule has 1 aromatic heterocycles. The molecule has 0 unspecified atom stereocenters. The molecule has 30 heavy (non-hydrogen) atoms. The summed E-state index contributed by atoms with van der Waals surface area (Å²) in [5, 5.41) is 9.95. The average Bonchev–Trinajstić information content (AvgIpc) is 3.02. The zero-order valence-electron chi connectivity index (χ0n) is 16.8. The number of nitrogens with zero attached hydrogens (tertiary/aromatic N) is 2.